The van der Waals surface area contributed by atoms with Crippen LogP contribution in [0.2, 0.25) is 5.28 Å². The Morgan fingerprint density at radius 1 is 1.22 bits per heavy atom. The van der Waals surface area contributed by atoms with E-state index in [4.69, 9.17) is 11.6 Å². The first-order valence-electron chi connectivity index (χ1n) is 12.5. The third-order valence-electron chi connectivity index (χ3n) is 7.28. The molecule has 196 valence electrons. The molecule has 2 unspecified atom stereocenters. The number of nitrogens with zero attached hydrogens (tertiary/aromatic N) is 2. The van der Waals surface area contributed by atoms with Gasteiger partial charge in [0.1, 0.15) is 17.4 Å². The molecule has 5 nitrogen and oxygen atoms in total. The molecule has 2 aliphatic rings. The van der Waals surface area contributed by atoms with E-state index in [2.05, 4.69) is 43.2 Å². The third kappa shape index (κ3) is 6.69. The van der Waals surface area contributed by atoms with E-state index in [9.17, 15) is 18.0 Å². The SMILES string of the molecule is C[C@@H](Nc1nc(Cl)nc2c1CC(CCC(=O)C1CCC[C@H](I)NCC1)C2)c1cccc(C(F)F)c1F. The molecule has 10 heteroatoms. The summed E-state index contributed by atoms with van der Waals surface area (Å²) in [5.41, 5.74) is 1.24. The van der Waals surface area contributed by atoms with Crippen molar-refractivity contribution in [3.8, 4) is 0 Å². The fraction of sp³-hybridized carbons (Fsp3) is 0.577. The zero-order chi connectivity index (χ0) is 25.8. The molecular formula is C26H31ClF3IN4O. The van der Waals surface area contributed by atoms with Gasteiger partial charge in [-0.25, -0.2) is 23.1 Å². The first-order chi connectivity index (χ1) is 17.2. The molecule has 0 radical (unpaired) electrons. The Labute approximate surface area is 228 Å². The summed E-state index contributed by atoms with van der Waals surface area (Å²) in [7, 11) is 0. The first-order valence-corrected chi connectivity index (χ1v) is 14.1. The average molecular weight is 635 g/mol. The quantitative estimate of drug-likeness (QED) is 0.142. The first kappa shape index (κ1) is 27.6. The minimum Gasteiger partial charge on any atom is -0.363 e. The molecule has 0 amide bonds. The van der Waals surface area contributed by atoms with E-state index >= 15 is 0 Å². The molecule has 2 N–H and O–H groups in total. The van der Waals surface area contributed by atoms with Crippen LogP contribution < -0.4 is 10.6 Å². The number of hydrogen-bond donors (Lipinski definition) is 2. The molecule has 4 rings (SSSR count). The van der Waals surface area contributed by atoms with Crippen LogP contribution in [0.4, 0.5) is 19.0 Å². The smallest absolute Gasteiger partial charge is 0.266 e. The van der Waals surface area contributed by atoms with E-state index in [1.165, 1.54) is 12.1 Å². The van der Waals surface area contributed by atoms with Crippen molar-refractivity contribution in [3.05, 3.63) is 51.7 Å². The molecule has 1 fully saturated rings. The number of nitrogens with one attached hydrogen (secondary N) is 2. The van der Waals surface area contributed by atoms with Crippen molar-refractivity contribution in [3.63, 3.8) is 0 Å². The number of hydrogen-bond acceptors (Lipinski definition) is 5. The maximum absolute atomic E-state index is 14.7. The standard InChI is InChI=1S/C26H31ClF3IN4O/c1-14(17-5-3-6-18(23(17)28)24(29)30)33-25-19-12-15(13-20(19)34-26(27)35-25)8-9-21(36)16-4-2-7-22(31)32-11-10-16/h3,5-6,14-16,22,24,32H,2,4,7-13H2,1H3,(H,33,34,35)/t14-,15?,16?,22-/m1/s1. The zero-order valence-corrected chi connectivity index (χ0v) is 23.1. The number of fused-ring (bicyclic) bond motifs is 1. The van der Waals surface area contributed by atoms with E-state index in [0.29, 0.717) is 34.9 Å². The van der Waals surface area contributed by atoms with Crippen LogP contribution in [0.1, 0.15) is 80.3 Å². The summed E-state index contributed by atoms with van der Waals surface area (Å²) in [6, 6.07) is 3.40. The molecule has 1 aromatic heterocycles. The van der Waals surface area contributed by atoms with E-state index < -0.39 is 23.8 Å². The molecular weight excluding hydrogens is 604 g/mol. The Morgan fingerprint density at radius 3 is 2.78 bits per heavy atom. The zero-order valence-electron chi connectivity index (χ0n) is 20.2. The summed E-state index contributed by atoms with van der Waals surface area (Å²) < 4.78 is 41.5. The van der Waals surface area contributed by atoms with Crippen LogP contribution in [0.5, 0.6) is 0 Å². The monoisotopic (exact) mass is 634 g/mol. The van der Waals surface area contributed by atoms with Crippen LogP contribution in [0.3, 0.4) is 0 Å². The predicted octanol–water partition coefficient (Wildman–Crippen LogP) is 6.98. The Morgan fingerprint density at radius 2 is 2.00 bits per heavy atom. The van der Waals surface area contributed by atoms with Gasteiger partial charge in [0.05, 0.1) is 21.3 Å². The van der Waals surface area contributed by atoms with Crippen molar-refractivity contribution in [1.82, 2.24) is 15.3 Å². The number of halogens is 5. The highest BCUT2D eigenvalue weighted by Gasteiger charge is 2.30. The maximum atomic E-state index is 14.7. The number of ketones is 1. The number of rotatable bonds is 8. The number of alkyl halides is 3. The van der Waals surface area contributed by atoms with E-state index in [1.807, 2.05) is 0 Å². The fourth-order valence-electron chi connectivity index (χ4n) is 5.27. The number of aromatic nitrogens is 2. The number of benzene rings is 1. The van der Waals surface area contributed by atoms with Gasteiger partial charge in [0.15, 0.2) is 0 Å². The second-order valence-electron chi connectivity index (χ2n) is 9.80. The number of Topliss-reactive ketones (excluding diaryl/α,β-unsaturated/α-hetero) is 1. The lowest BCUT2D eigenvalue weighted by Gasteiger charge is -2.22. The Balaban J connectivity index is 1.40. The number of carbonyl (C=O) groups excluding carboxylic acids is 1. The van der Waals surface area contributed by atoms with Crippen LogP contribution in [-0.2, 0) is 17.6 Å². The van der Waals surface area contributed by atoms with Gasteiger partial charge >= 0.3 is 0 Å². The van der Waals surface area contributed by atoms with Crippen molar-refractivity contribution < 1.29 is 18.0 Å². The predicted molar refractivity (Wildman–Crippen MR) is 143 cm³/mol. The van der Waals surface area contributed by atoms with Crippen LogP contribution in [0, 0.1) is 17.7 Å². The fourth-order valence-corrected chi connectivity index (χ4v) is 6.21. The van der Waals surface area contributed by atoms with Crippen molar-refractivity contribution in [2.75, 3.05) is 11.9 Å². The summed E-state index contributed by atoms with van der Waals surface area (Å²) in [5, 5.41) is 6.71. The molecule has 0 bridgehead atoms. The molecule has 1 aromatic carbocycles. The summed E-state index contributed by atoms with van der Waals surface area (Å²) in [6.07, 6.45) is 3.82. The lowest BCUT2D eigenvalue weighted by molar-refractivity contribution is -0.123. The molecule has 1 aliphatic heterocycles. The molecule has 1 saturated heterocycles. The van der Waals surface area contributed by atoms with Crippen LogP contribution in [0.25, 0.3) is 0 Å². The molecule has 2 aromatic rings. The average Bonchev–Trinajstić information content (AvgIpc) is 3.22. The summed E-state index contributed by atoms with van der Waals surface area (Å²) in [4.78, 5) is 21.6. The van der Waals surface area contributed by atoms with Crippen LogP contribution in [-0.4, -0.2) is 26.3 Å². The third-order valence-corrected chi connectivity index (χ3v) is 8.51. The molecule has 2 heterocycles. The van der Waals surface area contributed by atoms with Gasteiger partial charge in [0, 0.05) is 23.5 Å². The largest absolute Gasteiger partial charge is 0.363 e. The van der Waals surface area contributed by atoms with Gasteiger partial charge in [-0.05, 0) is 69.5 Å². The molecule has 4 atom stereocenters. The van der Waals surface area contributed by atoms with Crippen molar-refractivity contribution in [2.45, 2.75) is 74.8 Å². The second kappa shape index (κ2) is 12.4. The maximum Gasteiger partial charge on any atom is 0.266 e. The summed E-state index contributed by atoms with van der Waals surface area (Å²) >= 11 is 8.59. The van der Waals surface area contributed by atoms with Gasteiger partial charge in [-0.1, -0.05) is 47.2 Å². The Bertz CT molecular complexity index is 1080. The minimum absolute atomic E-state index is 0.0811. The van der Waals surface area contributed by atoms with Gasteiger partial charge in [0.25, 0.3) is 6.43 Å². The summed E-state index contributed by atoms with van der Waals surface area (Å²) in [5.74, 6) is 0.283. The van der Waals surface area contributed by atoms with E-state index in [1.54, 1.807) is 6.92 Å². The van der Waals surface area contributed by atoms with Crippen LogP contribution in [0.15, 0.2) is 18.2 Å². The lowest BCUT2D eigenvalue weighted by atomic mass is 9.88. The molecule has 36 heavy (non-hydrogen) atoms. The molecule has 1 aliphatic carbocycles. The lowest BCUT2D eigenvalue weighted by Crippen LogP contribution is -2.30. The van der Waals surface area contributed by atoms with Gasteiger partial charge in [-0.15, -0.1) is 0 Å². The van der Waals surface area contributed by atoms with E-state index in [0.717, 1.165) is 56.0 Å². The van der Waals surface area contributed by atoms with Gasteiger partial charge in [0.2, 0.25) is 5.28 Å². The van der Waals surface area contributed by atoms with Crippen molar-refractivity contribution in [2.24, 2.45) is 11.8 Å². The Hall–Kier alpha value is -1.46. The number of anilines is 1. The van der Waals surface area contributed by atoms with Gasteiger partial charge in [-0.2, -0.15) is 0 Å². The highest BCUT2D eigenvalue weighted by molar-refractivity contribution is 14.1. The normalized spacial score (nSPS) is 23.1. The van der Waals surface area contributed by atoms with Crippen molar-refractivity contribution >= 4 is 45.8 Å². The van der Waals surface area contributed by atoms with Crippen molar-refractivity contribution in [1.29, 1.82) is 0 Å². The van der Waals surface area contributed by atoms with Gasteiger partial charge in [-0.3, -0.25) is 4.79 Å². The highest BCUT2D eigenvalue weighted by atomic mass is 127. The number of carbonyl (C=O) groups is 1. The van der Waals surface area contributed by atoms with Gasteiger partial charge < -0.3 is 10.6 Å². The topological polar surface area (TPSA) is 66.9 Å². The molecule has 0 saturated carbocycles. The minimum atomic E-state index is -2.89. The molecule has 0 spiro atoms. The summed E-state index contributed by atoms with van der Waals surface area (Å²) in [6.45, 7) is 2.58. The van der Waals surface area contributed by atoms with Crippen LogP contribution >= 0.6 is 34.2 Å². The highest BCUT2D eigenvalue weighted by Crippen LogP contribution is 2.36. The van der Waals surface area contributed by atoms with E-state index in [-0.39, 0.29) is 22.7 Å². The second-order valence-corrected chi connectivity index (χ2v) is 11.6. The Kier molecular flexibility index (Phi) is 9.49.